The van der Waals surface area contributed by atoms with Gasteiger partial charge in [-0.25, -0.2) is 0 Å². The summed E-state index contributed by atoms with van der Waals surface area (Å²) in [6.45, 7) is 7.88. The Morgan fingerprint density at radius 1 is 1.20 bits per heavy atom. The third kappa shape index (κ3) is 10.1. The molecule has 3 N–H and O–H groups in total. The van der Waals surface area contributed by atoms with Crippen LogP contribution in [0.2, 0.25) is 0 Å². The summed E-state index contributed by atoms with van der Waals surface area (Å²) in [6, 6.07) is 0.231. The van der Waals surface area contributed by atoms with E-state index in [1.165, 1.54) is 0 Å². The molecule has 0 saturated carbocycles. The third-order valence-electron chi connectivity index (χ3n) is 2.03. The van der Waals surface area contributed by atoms with Gasteiger partial charge in [-0.2, -0.15) is 0 Å². The van der Waals surface area contributed by atoms with Gasteiger partial charge >= 0.3 is 0 Å². The Balaban J connectivity index is 3.36. The van der Waals surface area contributed by atoms with Crippen LogP contribution in [0.25, 0.3) is 0 Å². The second-order valence-electron chi connectivity index (χ2n) is 4.41. The van der Waals surface area contributed by atoms with Crippen LogP contribution in [0, 0.1) is 5.92 Å². The van der Waals surface area contributed by atoms with E-state index in [0.29, 0.717) is 32.1 Å². The lowest BCUT2D eigenvalue weighted by atomic mass is 10.2. The predicted octanol–water partition coefficient (Wildman–Crippen LogP) is 0.380. The van der Waals surface area contributed by atoms with Crippen molar-refractivity contribution in [1.82, 2.24) is 5.32 Å². The summed E-state index contributed by atoms with van der Waals surface area (Å²) < 4.78 is 5.31. The van der Waals surface area contributed by atoms with Crippen LogP contribution in [0.15, 0.2) is 0 Å². The molecule has 0 radical (unpaired) electrons. The average Bonchev–Trinajstić information content (AvgIpc) is 2.14. The molecule has 0 aromatic heterocycles. The Morgan fingerprint density at radius 3 is 2.40 bits per heavy atom. The summed E-state index contributed by atoms with van der Waals surface area (Å²) in [4.78, 5) is 0. The van der Waals surface area contributed by atoms with Crippen LogP contribution in [0.3, 0.4) is 0 Å². The molecule has 0 amide bonds. The summed E-state index contributed by atoms with van der Waals surface area (Å²) in [6.07, 6.45) is 0.240. The van der Waals surface area contributed by atoms with Gasteiger partial charge < -0.3 is 20.3 Å². The number of hydrogen-bond acceptors (Lipinski definition) is 4. The highest BCUT2D eigenvalue weighted by molar-refractivity contribution is 4.64. The van der Waals surface area contributed by atoms with E-state index in [9.17, 15) is 5.11 Å². The maximum Gasteiger partial charge on any atom is 0.0897 e. The number of rotatable bonds is 9. The first kappa shape index (κ1) is 14.8. The minimum Gasteiger partial charge on any atom is -0.396 e. The van der Waals surface area contributed by atoms with E-state index in [0.717, 1.165) is 0 Å². The zero-order valence-corrected chi connectivity index (χ0v) is 10.1. The van der Waals surface area contributed by atoms with Crippen molar-refractivity contribution in [2.45, 2.75) is 39.3 Å². The molecule has 0 aliphatic rings. The molecule has 4 nitrogen and oxygen atoms in total. The molecule has 0 bridgehead atoms. The van der Waals surface area contributed by atoms with Crippen molar-refractivity contribution in [3.63, 3.8) is 0 Å². The van der Waals surface area contributed by atoms with Crippen LogP contribution in [-0.2, 0) is 4.74 Å². The van der Waals surface area contributed by atoms with Gasteiger partial charge in [-0.15, -0.1) is 0 Å². The van der Waals surface area contributed by atoms with Gasteiger partial charge in [-0.05, 0) is 19.3 Å². The van der Waals surface area contributed by atoms with E-state index in [2.05, 4.69) is 19.2 Å². The first-order chi connectivity index (χ1) is 7.06. The number of aliphatic hydroxyl groups is 2. The highest BCUT2D eigenvalue weighted by atomic mass is 16.5. The van der Waals surface area contributed by atoms with Crippen molar-refractivity contribution in [2.75, 3.05) is 26.4 Å². The summed E-state index contributed by atoms with van der Waals surface area (Å²) >= 11 is 0. The van der Waals surface area contributed by atoms with E-state index in [4.69, 9.17) is 9.84 Å². The van der Waals surface area contributed by atoms with Gasteiger partial charge in [0.05, 0.1) is 12.7 Å². The second kappa shape index (κ2) is 9.09. The van der Waals surface area contributed by atoms with Crippen molar-refractivity contribution in [2.24, 2.45) is 5.92 Å². The first-order valence-corrected chi connectivity index (χ1v) is 5.66. The van der Waals surface area contributed by atoms with Crippen molar-refractivity contribution in [3.05, 3.63) is 0 Å². The number of ether oxygens (including phenoxy) is 1. The number of hydrogen-bond donors (Lipinski definition) is 3. The van der Waals surface area contributed by atoms with Gasteiger partial charge in [0, 0.05) is 25.8 Å². The maximum atomic E-state index is 9.53. The molecular formula is C11H25NO3. The van der Waals surface area contributed by atoms with Crippen molar-refractivity contribution in [1.29, 1.82) is 0 Å². The topological polar surface area (TPSA) is 61.7 Å². The largest absolute Gasteiger partial charge is 0.396 e. The smallest absolute Gasteiger partial charge is 0.0897 e. The van der Waals surface area contributed by atoms with E-state index in [1.54, 1.807) is 0 Å². The summed E-state index contributed by atoms with van der Waals surface area (Å²) in [7, 11) is 0. The molecule has 0 fully saturated rings. The molecule has 0 heterocycles. The fourth-order valence-corrected chi connectivity index (χ4v) is 1.13. The Morgan fingerprint density at radius 2 is 1.87 bits per heavy atom. The Labute approximate surface area is 92.6 Å². The lowest BCUT2D eigenvalue weighted by Gasteiger charge is -2.17. The Bertz CT molecular complexity index is 142. The van der Waals surface area contributed by atoms with Crippen molar-refractivity contribution < 1.29 is 14.9 Å². The highest BCUT2D eigenvalue weighted by Gasteiger charge is 2.07. The highest BCUT2D eigenvalue weighted by Crippen LogP contribution is 1.94. The van der Waals surface area contributed by atoms with Crippen LogP contribution >= 0.6 is 0 Å². The van der Waals surface area contributed by atoms with Gasteiger partial charge in [0.15, 0.2) is 0 Å². The predicted molar refractivity (Wildman–Crippen MR) is 60.8 cm³/mol. The molecule has 0 aliphatic carbocycles. The molecule has 0 spiro atoms. The molecule has 92 valence electrons. The molecule has 0 rings (SSSR count). The quantitative estimate of drug-likeness (QED) is 0.525. The van der Waals surface area contributed by atoms with E-state index < -0.39 is 6.10 Å². The van der Waals surface area contributed by atoms with E-state index in [1.807, 2.05) is 6.92 Å². The number of nitrogens with one attached hydrogen (secondary N) is 1. The summed E-state index contributed by atoms with van der Waals surface area (Å²) in [5, 5.41) is 21.3. The molecule has 0 saturated heterocycles. The van der Waals surface area contributed by atoms with Gasteiger partial charge in [0.2, 0.25) is 0 Å². The van der Waals surface area contributed by atoms with Gasteiger partial charge in [-0.1, -0.05) is 13.8 Å². The molecular weight excluding hydrogens is 194 g/mol. The van der Waals surface area contributed by atoms with Crippen LogP contribution in [0.5, 0.6) is 0 Å². The second-order valence-corrected chi connectivity index (χ2v) is 4.41. The maximum absolute atomic E-state index is 9.53. The molecule has 4 heteroatoms. The van der Waals surface area contributed by atoms with Crippen molar-refractivity contribution >= 4 is 0 Å². The third-order valence-corrected chi connectivity index (χ3v) is 2.03. The molecule has 0 aliphatic heterocycles. The van der Waals surface area contributed by atoms with Crippen LogP contribution in [-0.4, -0.2) is 48.7 Å². The lowest BCUT2D eigenvalue weighted by Crippen LogP contribution is -2.36. The molecule has 0 aromatic carbocycles. The van der Waals surface area contributed by atoms with Gasteiger partial charge in [0.1, 0.15) is 0 Å². The monoisotopic (exact) mass is 219 g/mol. The molecule has 0 aromatic rings. The fraction of sp³-hybridized carbons (Fsp3) is 1.00. The SMILES string of the molecule is CC(C)COCC(O)CNC(C)CCO. The Hall–Kier alpha value is -0.160. The molecule has 2 atom stereocenters. The zero-order chi connectivity index (χ0) is 11.7. The Kier molecular flexibility index (Phi) is 9.00. The van der Waals surface area contributed by atoms with Crippen LogP contribution in [0.1, 0.15) is 27.2 Å². The summed E-state index contributed by atoms with van der Waals surface area (Å²) in [5.74, 6) is 0.499. The van der Waals surface area contributed by atoms with Gasteiger partial charge in [-0.3, -0.25) is 0 Å². The van der Waals surface area contributed by atoms with Crippen molar-refractivity contribution in [3.8, 4) is 0 Å². The fourth-order valence-electron chi connectivity index (χ4n) is 1.13. The minimum absolute atomic E-state index is 0.175. The lowest BCUT2D eigenvalue weighted by molar-refractivity contribution is 0.0249. The average molecular weight is 219 g/mol. The molecule has 2 unspecified atom stereocenters. The van der Waals surface area contributed by atoms with Crippen LogP contribution in [0.4, 0.5) is 0 Å². The minimum atomic E-state index is -0.468. The number of aliphatic hydroxyl groups excluding tert-OH is 2. The normalized spacial score (nSPS) is 15.6. The standard InChI is InChI=1S/C11H25NO3/c1-9(2)7-15-8-11(14)6-12-10(3)4-5-13/h9-14H,4-8H2,1-3H3. The van der Waals surface area contributed by atoms with E-state index >= 15 is 0 Å². The van der Waals surface area contributed by atoms with E-state index in [-0.39, 0.29) is 12.6 Å². The molecule has 15 heavy (non-hydrogen) atoms. The summed E-state index contributed by atoms with van der Waals surface area (Å²) in [5.41, 5.74) is 0. The van der Waals surface area contributed by atoms with Crippen LogP contribution < -0.4 is 5.32 Å². The zero-order valence-electron chi connectivity index (χ0n) is 10.1. The first-order valence-electron chi connectivity index (χ1n) is 5.66. The van der Waals surface area contributed by atoms with Gasteiger partial charge in [0.25, 0.3) is 0 Å².